The van der Waals surface area contributed by atoms with Gasteiger partial charge in [0.05, 0.1) is 5.52 Å². The Bertz CT molecular complexity index is 650. The second-order valence-electron chi connectivity index (χ2n) is 6.82. The van der Waals surface area contributed by atoms with Crippen LogP contribution in [0.15, 0.2) is 18.2 Å². The fourth-order valence-corrected chi connectivity index (χ4v) is 3.34. The highest BCUT2D eigenvalue weighted by atomic mass is 14.9. The molecule has 0 fully saturated rings. The first-order valence-corrected chi connectivity index (χ1v) is 7.65. The zero-order valence-corrected chi connectivity index (χ0v) is 13.0. The highest BCUT2D eigenvalue weighted by Gasteiger charge is 2.22. The van der Waals surface area contributed by atoms with Crippen molar-refractivity contribution in [2.45, 2.75) is 51.9 Å². The van der Waals surface area contributed by atoms with Crippen LogP contribution in [-0.2, 0) is 18.3 Å². The zero-order valence-electron chi connectivity index (χ0n) is 13.0. The van der Waals surface area contributed by atoms with Gasteiger partial charge in [0.1, 0.15) is 0 Å². The average Bonchev–Trinajstić information content (AvgIpc) is 2.43. The molecular formula is C18H24N2. The summed E-state index contributed by atoms with van der Waals surface area (Å²) < 4.78 is 0. The number of benzene rings is 1. The van der Waals surface area contributed by atoms with Crippen molar-refractivity contribution in [3.63, 3.8) is 0 Å². The van der Waals surface area contributed by atoms with Gasteiger partial charge in [0, 0.05) is 23.8 Å². The van der Waals surface area contributed by atoms with Gasteiger partial charge in [-0.25, -0.2) is 0 Å². The van der Waals surface area contributed by atoms with Gasteiger partial charge in [-0.05, 0) is 42.2 Å². The summed E-state index contributed by atoms with van der Waals surface area (Å²) in [4.78, 5) is 5.05. The van der Waals surface area contributed by atoms with Crippen molar-refractivity contribution in [2.24, 2.45) is 0 Å². The summed E-state index contributed by atoms with van der Waals surface area (Å²) in [6.45, 7) is 6.80. The van der Waals surface area contributed by atoms with Crippen molar-refractivity contribution in [3.8, 4) is 0 Å². The number of nitrogens with zero attached hydrogens (tertiary/aromatic N) is 1. The van der Waals surface area contributed by atoms with Gasteiger partial charge < -0.3 is 5.32 Å². The first kappa shape index (κ1) is 13.4. The van der Waals surface area contributed by atoms with Crippen LogP contribution in [0.1, 0.15) is 50.4 Å². The number of hydrogen-bond acceptors (Lipinski definition) is 2. The monoisotopic (exact) mass is 268 g/mol. The Labute approximate surface area is 121 Å². The van der Waals surface area contributed by atoms with Crippen LogP contribution in [-0.4, -0.2) is 12.0 Å². The van der Waals surface area contributed by atoms with Crippen LogP contribution in [0.2, 0.25) is 0 Å². The van der Waals surface area contributed by atoms with E-state index in [0.29, 0.717) is 0 Å². The number of para-hydroxylation sites is 1. The second kappa shape index (κ2) is 4.76. The van der Waals surface area contributed by atoms with Gasteiger partial charge in [0.2, 0.25) is 0 Å². The Balaban J connectivity index is 2.37. The highest BCUT2D eigenvalue weighted by Crippen LogP contribution is 2.37. The van der Waals surface area contributed by atoms with Crippen molar-refractivity contribution < 1.29 is 0 Å². The summed E-state index contributed by atoms with van der Waals surface area (Å²) in [5.74, 6) is 0. The zero-order chi connectivity index (χ0) is 14.3. The van der Waals surface area contributed by atoms with E-state index in [2.05, 4.69) is 44.3 Å². The van der Waals surface area contributed by atoms with Gasteiger partial charge in [0.15, 0.2) is 0 Å². The summed E-state index contributed by atoms with van der Waals surface area (Å²) in [6, 6.07) is 6.60. The van der Waals surface area contributed by atoms with Gasteiger partial charge in [-0.3, -0.25) is 4.98 Å². The predicted octanol–water partition coefficient (Wildman–Crippen LogP) is 4.45. The molecule has 1 N–H and O–H groups in total. The van der Waals surface area contributed by atoms with Crippen molar-refractivity contribution in [2.75, 3.05) is 12.4 Å². The minimum atomic E-state index is 0.125. The van der Waals surface area contributed by atoms with Crippen LogP contribution in [0.5, 0.6) is 0 Å². The molecule has 1 aliphatic carbocycles. The predicted molar refractivity (Wildman–Crippen MR) is 86.6 cm³/mol. The summed E-state index contributed by atoms with van der Waals surface area (Å²) in [6.07, 6.45) is 4.84. The third kappa shape index (κ3) is 2.07. The summed E-state index contributed by atoms with van der Waals surface area (Å²) >= 11 is 0. The van der Waals surface area contributed by atoms with E-state index in [1.165, 1.54) is 46.3 Å². The molecule has 1 aliphatic rings. The van der Waals surface area contributed by atoms with Crippen molar-refractivity contribution in [1.82, 2.24) is 4.98 Å². The second-order valence-corrected chi connectivity index (χ2v) is 6.82. The van der Waals surface area contributed by atoms with E-state index < -0.39 is 0 Å². The van der Waals surface area contributed by atoms with E-state index in [4.69, 9.17) is 4.98 Å². The number of fused-ring (bicyclic) bond motifs is 2. The van der Waals surface area contributed by atoms with E-state index in [0.717, 1.165) is 12.8 Å². The Morgan fingerprint density at radius 3 is 2.55 bits per heavy atom. The molecule has 1 aromatic carbocycles. The maximum atomic E-state index is 5.05. The molecule has 2 nitrogen and oxygen atoms in total. The molecule has 106 valence electrons. The third-order valence-corrected chi connectivity index (χ3v) is 4.35. The Morgan fingerprint density at radius 2 is 1.85 bits per heavy atom. The molecule has 20 heavy (non-hydrogen) atoms. The van der Waals surface area contributed by atoms with E-state index in [1.54, 1.807) is 0 Å². The van der Waals surface area contributed by atoms with E-state index in [-0.39, 0.29) is 5.41 Å². The molecule has 0 amide bonds. The molecule has 0 radical (unpaired) electrons. The molecule has 0 spiro atoms. The lowest BCUT2D eigenvalue weighted by Gasteiger charge is -2.25. The lowest BCUT2D eigenvalue weighted by molar-refractivity contribution is 0.593. The number of anilines is 1. The minimum Gasteiger partial charge on any atom is -0.387 e. The van der Waals surface area contributed by atoms with Gasteiger partial charge in [-0.15, -0.1) is 0 Å². The largest absolute Gasteiger partial charge is 0.387 e. The molecule has 0 atom stereocenters. The Hall–Kier alpha value is -1.57. The van der Waals surface area contributed by atoms with Crippen LogP contribution >= 0.6 is 0 Å². The van der Waals surface area contributed by atoms with Crippen LogP contribution in [0, 0.1) is 0 Å². The summed E-state index contributed by atoms with van der Waals surface area (Å²) in [5.41, 5.74) is 6.71. The molecule has 3 rings (SSSR count). The van der Waals surface area contributed by atoms with E-state index in [1.807, 2.05) is 7.05 Å². The van der Waals surface area contributed by atoms with Crippen molar-refractivity contribution >= 4 is 16.6 Å². The molecule has 2 aromatic rings. The maximum absolute atomic E-state index is 5.05. The molecule has 1 heterocycles. The Kier molecular flexibility index (Phi) is 3.19. The van der Waals surface area contributed by atoms with Crippen molar-refractivity contribution in [3.05, 3.63) is 35.0 Å². The number of pyridine rings is 1. The smallest absolute Gasteiger partial charge is 0.0763 e. The van der Waals surface area contributed by atoms with Crippen LogP contribution in [0.25, 0.3) is 10.9 Å². The molecule has 2 heteroatoms. The van der Waals surface area contributed by atoms with Crippen molar-refractivity contribution in [1.29, 1.82) is 0 Å². The highest BCUT2D eigenvalue weighted by molar-refractivity contribution is 5.95. The lowest BCUT2D eigenvalue weighted by Crippen LogP contribution is -2.15. The SMILES string of the molecule is CNc1c2c(nc3c(C(C)(C)C)cccc13)CCCC2. The molecule has 1 aromatic heterocycles. The van der Waals surface area contributed by atoms with E-state index >= 15 is 0 Å². The topological polar surface area (TPSA) is 24.9 Å². The quantitative estimate of drug-likeness (QED) is 0.826. The molecule has 0 saturated carbocycles. The molecule has 0 bridgehead atoms. The number of aromatic nitrogens is 1. The van der Waals surface area contributed by atoms with Gasteiger partial charge in [-0.2, -0.15) is 0 Å². The molecule has 0 unspecified atom stereocenters. The first-order chi connectivity index (χ1) is 9.52. The average molecular weight is 268 g/mol. The van der Waals surface area contributed by atoms with Gasteiger partial charge in [-0.1, -0.05) is 39.0 Å². The normalized spacial score (nSPS) is 15.2. The van der Waals surface area contributed by atoms with Gasteiger partial charge in [0.25, 0.3) is 0 Å². The summed E-state index contributed by atoms with van der Waals surface area (Å²) in [5, 5.41) is 4.72. The van der Waals surface area contributed by atoms with E-state index in [9.17, 15) is 0 Å². The Morgan fingerprint density at radius 1 is 1.10 bits per heavy atom. The van der Waals surface area contributed by atoms with Crippen LogP contribution < -0.4 is 5.32 Å². The molecular weight excluding hydrogens is 244 g/mol. The fourth-order valence-electron chi connectivity index (χ4n) is 3.34. The van der Waals surface area contributed by atoms with Gasteiger partial charge >= 0.3 is 0 Å². The number of hydrogen-bond donors (Lipinski definition) is 1. The maximum Gasteiger partial charge on any atom is 0.0763 e. The van der Waals surface area contributed by atoms with Crippen LogP contribution in [0.3, 0.4) is 0 Å². The minimum absolute atomic E-state index is 0.125. The fraction of sp³-hybridized carbons (Fsp3) is 0.500. The first-order valence-electron chi connectivity index (χ1n) is 7.65. The molecule has 0 saturated heterocycles. The third-order valence-electron chi connectivity index (χ3n) is 4.35. The lowest BCUT2D eigenvalue weighted by atomic mass is 9.84. The summed E-state index contributed by atoms with van der Waals surface area (Å²) in [7, 11) is 2.04. The van der Waals surface area contributed by atoms with Crippen LogP contribution in [0.4, 0.5) is 5.69 Å². The number of aryl methyl sites for hydroxylation is 1. The molecule has 0 aliphatic heterocycles. The standard InChI is InChI=1S/C18H24N2/c1-18(2,3)14-10-7-9-13-16(19-4)12-8-5-6-11-15(12)20-17(13)14/h7,9-10H,5-6,8,11H2,1-4H3,(H,19,20). The number of rotatable bonds is 1. The number of nitrogens with one attached hydrogen (secondary N) is 1.